The number of thiocarbonyl (C=S) groups is 1. The number of rotatable bonds is 3. The lowest BCUT2D eigenvalue weighted by Crippen LogP contribution is -2.34. The number of halogens is 1. The largest absolute Gasteiger partial charge is 0.389 e. The molecule has 0 amide bonds. The molecule has 0 radical (unpaired) electrons. The lowest BCUT2D eigenvalue weighted by Gasteiger charge is -2.24. The van der Waals surface area contributed by atoms with Crippen LogP contribution in [0.15, 0.2) is 18.2 Å². The molecule has 1 aliphatic heterocycles. The van der Waals surface area contributed by atoms with Crippen molar-refractivity contribution in [2.45, 2.75) is 13.0 Å². The average molecular weight is 298 g/mol. The van der Waals surface area contributed by atoms with Crippen molar-refractivity contribution in [1.29, 1.82) is 0 Å². The summed E-state index contributed by atoms with van der Waals surface area (Å²) in [4.78, 5) is 4.97. The van der Waals surface area contributed by atoms with Crippen molar-refractivity contribution in [2.24, 2.45) is 11.7 Å². The van der Waals surface area contributed by atoms with Crippen LogP contribution in [0.25, 0.3) is 0 Å². The van der Waals surface area contributed by atoms with E-state index in [2.05, 4.69) is 30.8 Å². The molecule has 19 heavy (non-hydrogen) atoms. The first-order valence-electron chi connectivity index (χ1n) is 6.41. The van der Waals surface area contributed by atoms with Gasteiger partial charge in [-0.15, -0.1) is 0 Å². The smallest absolute Gasteiger partial charge is 0.107 e. The van der Waals surface area contributed by atoms with Crippen molar-refractivity contribution in [3.63, 3.8) is 0 Å². The third-order valence-corrected chi connectivity index (χ3v) is 4.33. The Morgan fingerprint density at radius 2 is 2.11 bits per heavy atom. The van der Waals surface area contributed by atoms with Crippen LogP contribution in [0.5, 0.6) is 0 Å². The summed E-state index contributed by atoms with van der Waals surface area (Å²) in [7, 11) is 4.24. The van der Waals surface area contributed by atoms with Gasteiger partial charge in [-0.1, -0.05) is 36.8 Å². The van der Waals surface area contributed by atoms with Crippen molar-refractivity contribution >= 4 is 34.5 Å². The zero-order chi connectivity index (χ0) is 14.2. The standard InChI is InChI=1S/C14H20ClN3S/c1-9-7-18(8-12(9)17(2)3)11-6-4-5-10(15)13(11)14(16)19/h4-6,9,12H,7-8H2,1-3H3,(H2,16,19). The molecule has 0 saturated carbocycles. The van der Waals surface area contributed by atoms with Gasteiger partial charge in [-0.2, -0.15) is 0 Å². The monoisotopic (exact) mass is 297 g/mol. The van der Waals surface area contributed by atoms with Crippen LogP contribution in [0.3, 0.4) is 0 Å². The van der Waals surface area contributed by atoms with E-state index < -0.39 is 0 Å². The molecule has 3 nitrogen and oxygen atoms in total. The average Bonchev–Trinajstić information content (AvgIpc) is 2.70. The molecular weight excluding hydrogens is 278 g/mol. The highest BCUT2D eigenvalue weighted by Crippen LogP contribution is 2.32. The summed E-state index contributed by atoms with van der Waals surface area (Å²) in [5.74, 6) is 0.605. The SMILES string of the molecule is CC1CN(c2cccc(Cl)c2C(N)=S)CC1N(C)C. The maximum Gasteiger partial charge on any atom is 0.107 e. The summed E-state index contributed by atoms with van der Waals surface area (Å²) >= 11 is 11.4. The van der Waals surface area contributed by atoms with Gasteiger partial charge in [0.05, 0.1) is 10.6 Å². The first-order valence-corrected chi connectivity index (χ1v) is 7.20. The third kappa shape index (κ3) is 2.86. The second kappa shape index (κ2) is 5.65. The van der Waals surface area contributed by atoms with Crippen LogP contribution in [0.4, 0.5) is 5.69 Å². The third-order valence-electron chi connectivity index (χ3n) is 3.81. The van der Waals surface area contributed by atoms with E-state index in [1.165, 1.54) is 0 Å². The Kier molecular flexibility index (Phi) is 4.33. The molecule has 0 bridgehead atoms. The van der Waals surface area contributed by atoms with E-state index >= 15 is 0 Å². The van der Waals surface area contributed by atoms with Crippen LogP contribution in [0.1, 0.15) is 12.5 Å². The summed E-state index contributed by atoms with van der Waals surface area (Å²) in [6, 6.07) is 6.37. The summed E-state index contributed by atoms with van der Waals surface area (Å²) in [5.41, 5.74) is 7.67. The molecule has 2 N–H and O–H groups in total. The van der Waals surface area contributed by atoms with Crippen molar-refractivity contribution in [3.05, 3.63) is 28.8 Å². The van der Waals surface area contributed by atoms with Crippen molar-refractivity contribution in [2.75, 3.05) is 32.1 Å². The Balaban J connectivity index is 2.34. The molecule has 2 atom stereocenters. The predicted octanol–water partition coefficient (Wildman–Crippen LogP) is 2.36. The van der Waals surface area contributed by atoms with E-state index in [0.29, 0.717) is 22.0 Å². The number of hydrogen-bond acceptors (Lipinski definition) is 3. The molecule has 0 aliphatic carbocycles. The second-order valence-corrected chi connectivity index (χ2v) is 6.26. The van der Waals surface area contributed by atoms with E-state index in [-0.39, 0.29) is 0 Å². The number of anilines is 1. The molecule has 1 saturated heterocycles. The normalized spacial score (nSPS) is 23.1. The summed E-state index contributed by atoms with van der Waals surface area (Å²) in [5, 5.41) is 0.631. The minimum Gasteiger partial charge on any atom is -0.389 e. The van der Waals surface area contributed by atoms with Crippen LogP contribution in [0, 0.1) is 5.92 Å². The summed E-state index contributed by atoms with van der Waals surface area (Å²) in [6.07, 6.45) is 0. The summed E-state index contributed by atoms with van der Waals surface area (Å²) in [6.45, 7) is 4.25. The van der Waals surface area contributed by atoms with Gasteiger partial charge < -0.3 is 15.5 Å². The van der Waals surface area contributed by atoms with Crippen molar-refractivity contribution in [1.82, 2.24) is 4.90 Å². The minimum atomic E-state index is 0.363. The molecular formula is C14H20ClN3S. The quantitative estimate of drug-likeness (QED) is 0.868. The van der Waals surface area contributed by atoms with Gasteiger partial charge in [-0.05, 0) is 32.1 Å². The Hall–Kier alpha value is -0.840. The van der Waals surface area contributed by atoms with Crippen molar-refractivity contribution in [3.8, 4) is 0 Å². The first-order chi connectivity index (χ1) is 8.91. The van der Waals surface area contributed by atoms with Gasteiger partial charge in [-0.25, -0.2) is 0 Å². The fourth-order valence-electron chi connectivity index (χ4n) is 2.84. The topological polar surface area (TPSA) is 32.5 Å². The highest BCUT2D eigenvalue weighted by Gasteiger charge is 2.32. The van der Waals surface area contributed by atoms with E-state index in [9.17, 15) is 0 Å². The van der Waals surface area contributed by atoms with E-state index in [0.717, 1.165) is 24.3 Å². The molecule has 1 aromatic rings. The van der Waals surface area contributed by atoms with Gasteiger partial charge in [-0.3, -0.25) is 0 Å². The first kappa shape index (κ1) is 14.6. The van der Waals surface area contributed by atoms with Crippen molar-refractivity contribution < 1.29 is 0 Å². The highest BCUT2D eigenvalue weighted by molar-refractivity contribution is 7.80. The van der Waals surface area contributed by atoms with Crippen LogP contribution in [0.2, 0.25) is 5.02 Å². The second-order valence-electron chi connectivity index (χ2n) is 5.41. The molecule has 2 unspecified atom stereocenters. The van der Waals surface area contributed by atoms with Gasteiger partial charge in [0.1, 0.15) is 4.99 Å². The van der Waals surface area contributed by atoms with Gasteiger partial charge in [0.15, 0.2) is 0 Å². The minimum absolute atomic E-state index is 0.363. The zero-order valence-corrected chi connectivity index (χ0v) is 13.1. The molecule has 104 valence electrons. The molecule has 2 rings (SSSR count). The number of nitrogens with two attached hydrogens (primary N) is 1. The van der Waals surface area contributed by atoms with Gasteiger partial charge >= 0.3 is 0 Å². The number of likely N-dealkylation sites (N-methyl/N-ethyl adjacent to an activating group) is 1. The Morgan fingerprint density at radius 1 is 1.42 bits per heavy atom. The van der Waals surface area contributed by atoms with Crippen LogP contribution in [-0.4, -0.2) is 43.1 Å². The zero-order valence-electron chi connectivity index (χ0n) is 11.6. The number of hydrogen-bond donors (Lipinski definition) is 1. The fraction of sp³-hybridized carbons (Fsp3) is 0.500. The molecule has 1 aromatic carbocycles. The molecule has 1 fully saturated rings. The van der Waals surface area contributed by atoms with Gasteiger partial charge in [0.25, 0.3) is 0 Å². The number of benzene rings is 1. The molecule has 5 heteroatoms. The van der Waals surface area contributed by atoms with E-state index in [1.54, 1.807) is 0 Å². The fourth-order valence-corrected chi connectivity index (χ4v) is 3.38. The predicted molar refractivity (Wildman–Crippen MR) is 86.2 cm³/mol. The Bertz CT molecular complexity index is 490. The summed E-state index contributed by atoms with van der Waals surface area (Å²) < 4.78 is 0. The molecule has 0 aromatic heterocycles. The highest BCUT2D eigenvalue weighted by atomic mass is 35.5. The maximum absolute atomic E-state index is 6.23. The van der Waals surface area contributed by atoms with Gasteiger partial charge in [0, 0.05) is 24.8 Å². The van der Waals surface area contributed by atoms with E-state index in [1.807, 2.05) is 18.2 Å². The molecule has 0 spiro atoms. The molecule has 1 aliphatic rings. The lowest BCUT2D eigenvalue weighted by molar-refractivity contribution is 0.266. The van der Waals surface area contributed by atoms with Crippen LogP contribution >= 0.6 is 23.8 Å². The lowest BCUT2D eigenvalue weighted by atomic mass is 10.1. The Morgan fingerprint density at radius 3 is 2.63 bits per heavy atom. The maximum atomic E-state index is 6.23. The van der Waals surface area contributed by atoms with Gasteiger partial charge in [0.2, 0.25) is 0 Å². The molecule has 1 heterocycles. The Labute approximate surface area is 125 Å². The van der Waals surface area contributed by atoms with Crippen LogP contribution < -0.4 is 10.6 Å². The van der Waals surface area contributed by atoms with E-state index in [4.69, 9.17) is 29.6 Å². The van der Waals surface area contributed by atoms with Crippen LogP contribution in [-0.2, 0) is 0 Å². The number of nitrogens with zero attached hydrogens (tertiary/aromatic N) is 2.